The number of halogens is 2. The summed E-state index contributed by atoms with van der Waals surface area (Å²) in [5.74, 6) is 0.796. The summed E-state index contributed by atoms with van der Waals surface area (Å²) >= 11 is 9.43. The SMILES string of the molecule is CC(N)c1ccc(OCc2cccc(Cl)c2)c(Br)c1. The van der Waals surface area contributed by atoms with Crippen molar-refractivity contribution in [2.75, 3.05) is 0 Å². The van der Waals surface area contributed by atoms with E-state index in [0.29, 0.717) is 11.6 Å². The summed E-state index contributed by atoms with van der Waals surface area (Å²) in [5, 5.41) is 0.715. The Balaban J connectivity index is 2.07. The molecule has 0 aliphatic rings. The highest BCUT2D eigenvalue weighted by Crippen LogP contribution is 2.28. The van der Waals surface area contributed by atoms with Gasteiger partial charge in [0.1, 0.15) is 12.4 Å². The molecular formula is C15H15BrClNO. The Morgan fingerprint density at radius 3 is 2.68 bits per heavy atom. The Bertz CT molecular complexity index is 572. The van der Waals surface area contributed by atoms with E-state index in [0.717, 1.165) is 21.3 Å². The lowest BCUT2D eigenvalue weighted by atomic mass is 10.1. The second-order valence-electron chi connectivity index (χ2n) is 4.40. The van der Waals surface area contributed by atoms with Crippen LogP contribution in [0, 0.1) is 0 Å². The predicted molar refractivity (Wildman–Crippen MR) is 82.5 cm³/mol. The second-order valence-corrected chi connectivity index (χ2v) is 5.69. The molecule has 2 rings (SSSR count). The van der Waals surface area contributed by atoms with Crippen molar-refractivity contribution in [3.8, 4) is 5.75 Å². The van der Waals surface area contributed by atoms with Gasteiger partial charge in [0.15, 0.2) is 0 Å². The molecule has 2 nitrogen and oxygen atoms in total. The zero-order valence-corrected chi connectivity index (χ0v) is 12.9. The molecule has 0 aliphatic heterocycles. The molecule has 100 valence electrons. The molecule has 0 saturated carbocycles. The first-order chi connectivity index (χ1) is 9.06. The number of hydrogen-bond acceptors (Lipinski definition) is 2. The van der Waals surface area contributed by atoms with E-state index < -0.39 is 0 Å². The maximum absolute atomic E-state index is 5.93. The maximum atomic E-state index is 5.93. The van der Waals surface area contributed by atoms with E-state index in [-0.39, 0.29) is 6.04 Å². The lowest BCUT2D eigenvalue weighted by molar-refractivity contribution is 0.304. The third-order valence-corrected chi connectivity index (χ3v) is 3.62. The van der Waals surface area contributed by atoms with E-state index in [4.69, 9.17) is 22.1 Å². The molecular weight excluding hydrogens is 326 g/mol. The third kappa shape index (κ3) is 3.96. The average Bonchev–Trinajstić information content (AvgIpc) is 2.37. The minimum absolute atomic E-state index is 0.0123. The smallest absolute Gasteiger partial charge is 0.134 e. The summed E-state index contributed by atoms with van der Waals surface area (Å²) in [6.45, 7) is 2.44. The highest BCUT2D eigenvalue weighted by atomic mass is 79.9. The van der Waals surface area contributed by atoms with Crippen LogP contribution in [-0.2, 0) is 6.61 Å². The average molecular weight is 341 g/mol. The monoisotopic (exact) mass is 339 g/mol. The fourth-order valence-corrected chi connectivity index (χ4v) is 2.43. The first-order valence-electron chi connectivity index (χ1n) is 5.98. The fourth-order valence-electron chi connectivity index (χ4n) is 1.71. The molecule has 1 atom stereocenters. The summed E-state index contributed by atoms with van der Waals surface area (Å²) in [4.78, 5) is 0. The Morgan fingerprint density at radius 2 is 2.05 bits per heavy atom. The van der Waals surface area contributed by atoms with Crippen molar-refractivity contribution in [3.63, 3.8) is 0 Å². The van der Waals surface area contributed by atoms with Gasteiger partial charge in [-0.2, -0.15) is 0 Å². The van der Waals surface area contributed by atoms with Gasteiger partial charge in [-0.25, -0.2) is 0 Å². The van der Waals surface area contributed by atoms with Crippen molar-refractivity contribution < 1.29 is 4.74 Å². The number of ether oxygens (including phenoxy) is 1. The molecule has 0 heterocycles. The lowest BCUT2D eigenvalue weighted by Crippen LogP contribution is -2.05. The molecule has 2 aromatic rings. The van der Waals surface area contributed by atoms with Crippen molar-refractivity contribution in [1.82, 2.24) is 0 Å². The molecule has 0 bridgehead atoms. The normalized spacial score (nSPS) is 12.2. The van der Waals surface area contributed by atoms with Crippen LogP contribution in [0.15, 0.2) is 46.9 Å². The zero-order chi connectivity index (χ0) is 13.8. The molecule has 0 spiro atoms. The topological polar surface area (TPSA) is 35.2 Å². The predicted octanol–water partition coefficient (Wildman–Crippen LogP) is 4.70. The van der Waals surface area contributed by atoms with Crippen LogP contribution >= 0.6 is 27.5 Å². The van der Waals surface area contributed by atoms with E-state index in [2.05, 4.69) is 15.9 Å². The molecule has 0 saturated heterocycles. The van der Waals surface area contributed by atoms with Gasteiger partial charge in [0.05, 0.1) is 4.47 Å². The zero-order valence-electron chi connectivity index (χ0n) is 10.6. The van der Waals surface area contributed by atoms with Crippen molar-refractivity contribution >= 4 is 27.5 Å². The molecule has 0 aromatic heterocycles. The molecule has 0 aliphatic carbocycles. The summed E-state index contributed by atoms with van der Waals surface area (Å²) in [6, 6.07) is 13.5. The summed E-state index contributed by atoms with van der Waals surface area (Å²) in [6.07, 6.45) is 0. The first-order valence-corrected chi connectivity index (χ1v) is 7.15. The van der Waals surface area contributed by atoms with Gasteiger partial charge in [-0.3, -0.25) is 0 Å². The van der Waals surface area contributed by atoms with Crippen LogP contribution < -0.4 is 10.5 Å². The van der Waals surface area contributed by atoms with Crippen LogP contribution in [0.25, 0.3) is 0 Å². The molecule has 2 aromatic carbocycles. The second kappa shape index (κ2) is 6.42. The Morgan fingerprint density at radius 1 is 1.26 bits per heavy atom. The van der Waals surface area contributed by atoms with Crippen LogP contribution in [-0.4, -0.2) is 0 Å². The van der Waals surface area contributed by atoms with Crippen LogP contribution in [0.2, 0.25) is 5.02 Å². The van der Waals surface area contributed by atoms with Crippen LogP contribution in [0.3, 0.4) is 0 Å². The molecule has 4 heteroatoms. The summed E-state index contributed by atoms with van der Waals surface area (Å²) < 4.78 is 6.67. The highest BCUT2D eigenvalue weighted by molar-refractivity contribution is 9.10. The number of benzene rings is 2. The highest BCUT2D eigenvalue weighted by Gasteiger charge is 2.06. The molecule has 0 fully saturated rings. The van der Waals surface area contributed by atoms with Gasteiger partial charge >= 0.3 is 0 Å². The van der Waals surface area contributed by atoms with Crippen LogP contribution in [0.1, 0.15) is 24.1 Å². The van der Waals surface area contributed by atoms with Crippen molar-refractivity contribution in [3.05, 3.63) is 63.1 Å². The first kappa shape index (κ1) is 14.4. The Kier molecular flexibility index (Phi) is 4.86. The molecule has 2 N–H and O–H groups in total. The van der Waals surface area contributed by atoms with Gasteiger partial charge in [0, 0.05) is 11.1 Å². The van der Waals surface area contributed by atoms with Gasteiger partial charge in [-0.05, 0) is 58.2 Å². The third-order valence-electron chi connectivity index (χ3n) is 2.77. The van der Waals surface area contributed by atoms with Gasteiger partial charge in [0.2, 0.25) is 0 Å². The van der Waals surface area contributed by atoms with Crippen LogP contribution in [0.4, 0.5) is 0 Å². The fraction of sp³-hybridized carbons (Fsp3) is 0.200. The van der Waals surface area contributed by atoms with Crippen molar-refractivity contribution in [1.29, 1.82) is 0 Å². The van der Waals surface area contributed by atoms with Gasteiger partial charge in [-0.15, -0.1) is 0 Å². The van der Waals surface area contributed by atoms with E-state index in [9.17, 15) is 0 Å². The maximum Gasteiger partial charge on any atom is 0.134 e. The standard InChI is InChI=1S/C15H15BrClNO/c1-10(18)12-5-6-15(14(16)8-12)19-9-11-3-2-4-13(17)7-11/h2-8,10H,9,18H2,1H3. The van der Waals surface area contributed by atoms with E-state index in [1.807, 2.05) is 49.4 Å². The van der Waals surface area contributed by atoms with Gasteiger partial charge in [0.25, 0.3) is 0 Å². The number of nitrogens with two attached hydrogens (primary N) is 1. The van der Waals surface area contributed by atoms with Gasteiger partial charge in [-0.1, -0.05) is 29.8 Å². The lowest BCUT2D eigenvalue weighted by Gasteiger charge is -2.11. The Labute approximate surface area is 126 Å². The van der Waals surface area contributed by atoms with Crippen LogP contribution in [0.5, 0.6) is 5.75 Å². The molecule has 19 heavy (non-hydrogen) atoms. The Hall–Kier alpha value is -1.03. The largest absolute Gasteiger partial charge is 0.488 e. The summed E-state index contributed by atoms with van der Waals surface area (Å²) in [7, 11) is 0. The molecule has 0 amide bonds. The number of hydrogen-bond donors (Lipinski definition) is 1. The summed E-state index contributed by atoms with van der Waals surface area (Å²) in [5.41, 5.74) is 7.95. The van der Waals surface area contributed by atoms with Gasteiger partial charge < -0.3 is 10.5 Å². The minimum atomic E-state index is 0.0123. The molecule has 1 unspecified atom stereocenters. The minimum Gasteiger partial charge on any atom is -0.488 e. The van der Waals surface area contributed by atoms with E-state index in [1.54, 1.807) is 0 Å². The molecule has 0 radical (unpaired) electrons. The number of rotatable bonds is 4. The van der Waals surface area contributed by atoms with Crippen molar-refractivity contribution in [2.45, 2.75) is 19.6 Å². The van der Waals surface area contributed by atoms with Crippen molar-refractivity contribution in [2.24, 2.45) is 5.73 Å². The quantitative estimate of drug-likeness (QED) is 0.875. The van der Waals surface area contributed by atoms with E-state index in [1.165, 1.54) is 0 Å². The van der Waals surface area contributed by atoms with E-state index >= 15 is 0 Å².